The first kappa shape index (κ1) is 19.2. The Morgan fingerprint density at radius 1 is 0.964 bits per heavy atom. The number of hydrogen-bond acceptors (Lipinski definition) is 4. The standard InChI is InChI=1S/C21H30N4O3/c26-20(24-11-13-28-14-12-24)17-5-3-6-18(15-17)22-21(27)25-10-4-7-19(16-25)23-8-1-2-9-23/h3,5-6,15,19H,1-2,4,7-14,16H2,(H,22,27)/t19-/m1/s1. The highest BCUT2D eigenvalue weighted by Gasteiger charge is 2.29. The average molecular weight is 386 g/mol. The van der Waals surface area contributed by atoms with Crippen LogP contribution < -0.4 is 5.32 Å². The molecule has 7 heteroatoms. The molecule has 3 fully saturated rings. The minimum Gasteiger partial charge on any atom is -0.378 e. The highest BCUT2D eigenvalue weighted by atomic mass is 16.5. The second kappa shape index (κ2) is 8.92. The van der Waals surface area contributed by atoms with E-state index in [-0.39, 0.29) is 11.9 Å². The Labute approximate surface area is 166 Å². The Hall–Kier alpha value is -2.12. The molecule has 3 aliphatic heterocycles. The van der Waals surface area contributed by atoms with Crippen LogP contribution in [-0.2, 0) is 4.74 Å². The zero-order valence-electron chi connectivity index (χ0n) is 16.4. The van der Waals surface area contributed by atoms with E-state index in [0.717, 1.165) is 32.6 Å². The van der Waals surface area contributed by atoms with E-state index in [9.17, 15) is 9.59 Å². The van der Waals surface area contributed by atoms with E-state index in [4.69, 9.17) is 4.74 Å². The molecule has 0 spiro atoms. The summed E-state index contributed by atoms with van der Waals surface area (Å²) in [5.41, 5.74) is 1.28. The number of piperidine rings is 1. The summed E-state index contributed by atoms with van der Waals surface area (Å²) in [5.74, 6) is -0.00790. The third kappa shape index (κ3) is 4.47. The lowest BCUT2D eigenvalue weighted by molar-refractivity contribution is 0.0303. The Kier molecular flexibility index (Phi) is 6.12. The van der Waals surface area contributed by atoms with E-state index < -0.39 is 0 Å². The number of hydrogen-bond donors (Lipinski definition) is 1. The summed E-state index contributed by atoms with van der Waals surface area (Å²) in [5, 5.41) is 2.99. The molecule has 1 atom stereocenters. The molecule has 0 aliphatic carbocycles. The molecule has 0 bridgehead atoms. The molecule has 1 aromatic carbocycles. The maximum absolute atomic E-state index is 12.8. The second-order valence-electron chi connectivity index (χ2n) is 7.90. The van der Waals surface area contributed by atoms with E-state index >= 15 is 0 Å². The van der Waals surface area contributed by atoms with Gasteiger partial charge in [0.15, 0.2) is 0 Å². The molecule has 28 heavy (non-hydrogen) atoms. The number of carbonyl (C=O) groups is 2. The predicted octanol–water partition coefficient (Wildman–Crippen LogP) is 2.25. The minimum atomic E-state index is -0.0696. The van der Waals surface area contributed by atoms with Crippen molar-refractivity contribution in [3.63, 3.8) is 0 Å². The molecule has 0 radical (unpaired) electrons. The van der Waals surface area contributed by atoms with E-state index in [0.29, 0.717) is 43.6 Å². The molecule has 152 valence electrons. The van der Waals surface area contributed by atoms with Gasteiger partial charge in [0.05, 0.1) is 13.2 Å². The maximum atomic E-state index is 12.8. The smallest absolute Gasteiger partial charge is 0.321 e. The van der Waals surface area contributed by atoms with Gasteiger partial charge in [0.1, 0.15) is 0 Å². The van der Waals surface area contributed by atoms with Crippen LogP contribution in [0, 0.1) is 0 Å². The summed E-state index contributed by atoms with van der Waals surface area (Å²) in [6.45, 7) is 6.28. The molecule has 4 rings (SSSR count). The van der Waals surface area contributed by atoms with Crippen molar-refractivity contribution < 1.29 is 14.3 Å². The first-order valence-corrected chi connectivity index (χ1v) is 10.5. The van der Waals surface area contributed by atoms with Crippen molar-refractivity contribution in [2.24, 2.45) is 0 Å². The second-order valence-corrected chi connectivity index (χ2v) is 7.90. The van der Waals surface area contributed by atoms with Gasteiger partial charge in [-0.05, 0) is 57.0 Å². The molecular weight excluding hydrogens is 356 g/mol. The average Bonchev–Trinajstić information content (AvgIpc) is 3.29. The van der Waals surface area contributed by atoms with Crippen molar-refractivity contribution in [2.45, 2.75) is 31.7 Å². The summed E-state index contributed by atoms with van der Waals surface area (Å²) in [4.78, 5) is 31.7. The van der Waals surface area contributed by atoms with Gasteiger partial charge in [-0.3, -0.25) is 9.69 Å². The lowest BCUT2D eigenvalue weighted by Crippen LogP contribution is -2.50. The normalized spacial score (nSPS) is 23.6. The molecule has 3 heterocycles. The zero-order valence-corrected chi connectivity index (χ0v) is 16.4. The van der Waals surface area contributed by atoms with Gasteiger partial charge in [-0.15, -0.1) is 0 Å². The van der Waals surface area contributed by atoms with Crippen molar-refractivity contribution in [3.05, 3.63) is 29.8 Å². The quantitative estimate of drug-likeness (QED) is 0.865. The Balaban J connectivity index is 1.36. The van der Waals surface area contributed by atoms with Gasteiger partial charge in [-0.25, -0.2) is 4.79 Å². The van der Waals surface area contributed by atoms with Gasteiger partial charge < -0.3 is 19.9 Å². The number of benzene rings is 1. The van der Waals surface area contributed by atoms with Crippen molar-refractivity contribution in [1.82, 2.24) is 14.7 Å². The number of urea groups is 1. The third-order valence-corrected chi connectivity index (χ3v) is 6.00. The van der Waals surface area contributed by atoms with E-state index in [2.05, 4.69) is 10.2 Å². The summed E-state index contributed by atoms with van der Waals surface area (Å²) < 4.78 is 5.31. The fraction of sp³-hybridized carbons (Fsp3) is 0.619. The van der Waals surface area contributed by atoms with Crippen LogP contribution in [0.4, 0.5) is 10.5 Å². The van der Waals surface area contributed by atoms with Crippen molar-refractivity contribution >= 4 is 17.6 Å². The van der Waals surface area contributed by atoms with Crippen LogP contribution >= 0.6 is 0 Å². The van der Waals surface area contributed by atoms with Crippen molar-refractivity contribution in [2.75, 3.05) is 57.8 Å². The van der Waals surface area contributed by atoms with Crippen LogP contribution in [0.25, 0.3) is 0 Å². The zero-order chi connectivity index (χ0) is 19.3. The van der Waals surface area contributed by atoms with Crippen molar-refractivity contribution in [3.8, 4) is 0 Å². The number of ether oxygens (including phenoxy) is 1. The molecule has 3 saturated heterocycles. The van der Waals surface area contributed by atoms with Gasteiger partial charge in [0, 0.05) is 43.5 Å². The SMILES string of the molecule is O=C(Nc1cccc(C(=O)N2CCOCC2)c1)N1CCC[C@@H](N2CCCC2)C1. The number of anilines is 1. The lowest BCUT2D eigenvalue weighted by atomic mass is 10.0. The molecular formula is C21H30N4O3. The molecule has 0 aromatic heterocycles. The molecule has 1 aromatic rings. The predicted molar refractivity (Wildman–Crippen MR) is 108 cm³/mol. The van der Waals surface area contributed by atoms with Crippen LogP contribution in [0.1, 0.15) is 36.0 Å². The molecule has 0 unspecified atom stereocenters. The monoisotopic (exact) mass is 386 g/mol. The summed E-state index contributed by atoms with van der Waals surface area (Å²) in [6, 6.07) is 7.66. The van der Waals surface area contributed by atoms with Crippen LogP contribution in [0.15, 0.2) is 24.3 Å². The van der Waals surface area contributed by atoms with Gasteiger partial charge in [0.2, 0.25) is 0 Å². The highest BCUT2D eigenvalue weighted by Crippen LogP contribution is 2.21. The number of rotatable bonds is 3. The van der Waals surface area contributed by atoms with Crippen LogP contribution in [0.5, 0.6) is 0 Å². The Morgan fingerprint density at radius 2 is 1.75 bits per heavy atom. The number of morpholine rings is 1. The molecule has 0 saturated carbocycles. The number of nitrogens with zero attached hydrogens (tertiary/aromatic N) is 3. The summed E-state index contributed by atoms with van der Waals surface area (Å²) in [6.07, 6.45) is 4.76. The lowest BCUT2D eigenvalue weighted by Gasteiger charge is -2.37. The van der Waals surface area contributed by atoms with E-state index in [1.54, 1.807) is 17.0 Å². The number of likely N-dealkylation sites (tertiary alicyclic amines) is 2. The van der Waals surface area contributed by atoms with Gasteiger partial charge in [-0.1, -0.05) is 6.07 Å². The summed E-state index contributed by atoms with van der Waals surface area (Å²) >= 11 is 0. The van der Waals surface area contributed by atoms with Crippen LogP contribution in [0.2, 0.25) is 0 Å². The highest BCUT2D eigenvalue weighted by molar-refractivity contribution is 5.97. The number of carbonyl (C=O) groups excluding carboxylic acids is 2. The molecule has 3 aliphatic rings. The maximum Gasteiger partial charge on any atom is 0.321 e. The van der Waals surface area contributed by atoms with E-state index in [1.807, 2.05) is 17.0 Å². The fourth-order valence-corrected chi connectivity index (χ4v) is 4.43. The van der Waals surface area contributed by atoms with Crippen LogP contribution in [0.3, 0.4) is 0 Å². The minimum absolute atomic E-state index is 0.00790. The van der Waals surface area contributed by atoms with Gasteiger partial charge >= 0.3 is 6.03 Å². The molecule has 7 nitrogen and oxygen atoms in total. The van der Waals surface area contributed by atoms with E-state index in [1.165, 1.54) is 19.3 Å². The molecule has 1 N–H and O–H groups in total. The fourth-order valence-electron chi connectivity index (χ4n) is 4.43. The van der Waals surface area contributed by atoms with Gasteiger partial charge in [0.25, 0.3) is 5.91 Å². The Bertz CT molecular complexity index is 699. The van der Waals surface area contributed by atoms with Crippen LogP contribution in [-0.4, -0.2) is 85.2 Å². The topological polar surface area (TPSA) is 65.1 Å². The van der Waals surface area contributed by atoms with Crippen molar-refractivity contribution in [1.29, 1.82) is 0 Å². The third-order valence-electron chi connectivity index (χ3n) is 6.00. The first-order valence-electron chi connectivity index (χ1n) is 10.5. The van der Waals surface area contributed by atoms with Gasteiger partial charge in [-0.2, -0.15) is 0 Å². The molecule has 3 amide bonds. The largest absolute Gasteiger partial charge is 0.378 e. The number of amides is 3. The summed E-state index contributed by atoms with van der Waals surface area (Å²) in [7, 11) is 0. The Morgan fingerprint density at radius 3 is 2.54 bits per heavy atom. The number of nitrogens with one attached hydrogen (secondary N) is 1. The first-order chi connectivity index (χ1) is 13.7.